The summed E-state index contributed by atoms with van der Waals surface area (Å²) in [5.74, 6) is 0. The van der Waals surface area contributed by atoms with Gasteiger partial charge in [-0.25, -0.2) is 0 Å². The maximum Gasteiger partial charge on any atom is 0.0791 e. The fourth-order valence-electron chi connectivity index (χ4n) is 2.51. The lowest BCUT2D eigenvalue weighted by Crippen LogP contribution is -2.37. The molecule has 19 heavy (non-hydrogen) atoms. The Labute approximate surface area is 120 Å². The summed E-state index contributed by atoms with van der Waals surface area (Å²) >= 11 is 5.87. The van der Waals surface area contributed by atoms with E-state index >= 15 is 0 Å². The third-order valence-corrected chi connectivity index (χ3v) is 3.95. The molecule has 1 aromatic carbocycles. The Kier molecular flexibility index (Phi) is 5.64. The molecule has 2 rings (SSSR count). The van der Waals surface area contributed by atoms with Gasteiger partial charge in [0.1, 0.15) is 0 Å². The standard InChI is InChI=1S/C15H23ClN2O/c1-12(13-4-6-14(16)7-5-13)17-10-15(19)11-18-8-2-3-9-18/h4-7,12,15,17,19H,2-3,8-11H2,1H3. The van der Waals surface area contributed by atoms with Crippen LogP contribution in [0.2, 0.25) is 5.02 Å². The Hall–Kier alpha value is -0.610. The van der Waals surface area contributed by atoms with E-state index in [4.69, 9.17) is 11.6 Å². The van der Waals surface area contributed by atoms with Crippen LogP contribution in [0.25, 0.3) is 0 Å². The van der Waals surface area contributed by atoms with Gasteiger partial charge < -0.3 is 15.3 Å². The molecule has 1 saturated heterocycles. The highest BCUT2D eigenvalue weighted by atomic mass is 35.5. The van der Waals surface area contributed by atoms with E-state index in [-0.39, 0.29) is 12.1 Å². The first kappa shape index (κ1) is 14.8. The highest BCUT2D eigenvalue weighted by molar-refractivity contribution is 6.30. The summed E-state index contributed by atoms with van der Waals surface area (Å²) in [6, 6.07) is 8.07. The molecule has 0 bridgehead atoms. The number of hydrogen-bond donors (Lipinski definition) is 2. The molecule has 1 heterocycles. The lowest BCUT2D eigenvalue weighted by molar-refractivity contribution is 0.121. The molecule has 0 aliphatic carbocycles. The number of hydrogen-bond acceptors (Lipinski definition) is 3. The van der Waals surface area contributed by atoms with E-state index in [1.807, 2.05) is 24.3 Å². The molecule has 3 nitrogen and oxygen atoms in total. The summed E-state index contributed by atoms with van der Waals surface area (Å²) in [6.45, 7) is 5.76. The maximum absolute atomic E-state index is 10.0. The van der Waals surface area contributed by atoms with Crippen LogP contribution in [0.5, 0.6) is 0 Å². The highest BCUT2D eigenvalue weighted by Gasteiger charge is 2.16. The molecule has 0 radical (unpaired) electrons. The van der Waals surface area contributed by atoms with Crippen LogP contribution in [0, 0.1) is 0 Å². The zero-order valence-corrected chi connectivity index (χ0v) is 12.2. The van der Waals surface area contributed by atoms with Gasteiger partial charge in [-0.3, -0.25) is 0 Å². The van der Waals surface area contributed by atoms with Crippen molar-refractivity contribution in [1.82, 2.24) is 10.2 Å². The van der Waals surface area contributed by atoms with Crippen LogP contribution in [0.3, 0.4) is 0 Å². The average Bonchev–Trinajstić information content (AvgIpc) is 2.89. The smallest absolute Gasteiger partial charge is 0.0791 e. The van der Waals surface area contributed by atoms with Gasteiger partial charge in [0.25, 0.3) is 0 Å². The molecule has 0 spiro atoms. The second-order valence-corrected chi connectivity index (χ2v) is 5.78. The number of nitrogens with zero attached hydrogens (tertiary/aromatic N) is 1. The summed E-state index contributed by atoms with van der Waals surface area (Å²) in [7, 11) is 0. The van der Waals surface area contributed by atoms with Crippen LogP contribution in [0.4, 0.5) is 0 Å². The van der Waals surface area contributed by atoms with Crippen LogP contribution < -0.4 is 5.32 Å². The molecule has 2 atom stereocenters. The molecule has 4 heteroatoms. The van der Waals surface area contributed by atoms with Crippen molar-refractivity contribution in [2.75, 3.05) is 26.2 Å². The Morgan fingerprint density at radius 1 is 1.26 bits per heavy atom. The molecule has 0 aromatic heterocycles. The minimum atomic E-state index is -0.298. The monoisotopic (exact) mass is 282 g/mol. The number of halogens is 1. The third-order valence-electron chi connectivity index (χ3n) is 3.70. The second kappa shape index (κ2) is 7.25. The molecule has 2 N–H and O–H groups in total. The van der Waals surface area contributed by atoms with Crippen molar-refractivity contribution in [3.63, 3.8) is 0 Å². The molecule has 1 aliphatic heterocycles. The van der Waals surface area contributed by atoms with Crippen molar-refractivity contribution in [2.24, 2.45) is 0 Å². The van der Waals surface area contributed by atoms with Gasteiger partial charge in [0.05, 0.1) is 6.10 Å². The lowest BCUT2D eigenvalue weighted by atomic mass is 10.1. The second-order valence-electron chi connectivity index (χ2n) is 5.34. The van der Waals surface area contributed by atoms with E-state index in [0.29, 0.717) is 6.54 Å². The molecule has 1 fully saturated rings. The van der Waals surface area contributed by atoms with Crippen molar-refractivity contribution < 1.29 is 5.11 Å². The third kappa shape index (κ3) is 4.77. The molecule has 0 amide bonds. The normalized spacial score (nSPS) is 19.5. The van der Waals surface area contributed by atoms with E-state index in [2.05, 4.69) is 17.1 Å². The van der Waals surface area contributed by atoms with Crippen LogP contribution in [-0.4, -0.2) is 42.3 Å². The van der Waals surface area contributed by atoms with Gasteiger partial charge in [-0.15, -0.1) is 0 Å². The first-order chi connectivity index (χ1) is 9.15. The molecular formula is C15H23ClN2O. The van der Waals surface area contributed by atoms with Crippen molar-refractivity contribution in [1.29, 1.82) is 0 Å². The van der Waals surface area contributed by atoms with E-state index in [1.54, 1.807) is 0 Å². The van der Waals surface area contributed by atoms with Gasteiger partial charge in [0.15, 0.2) is 0 Å². The Morgan fingerprint density at radius 2 is 1.89 bits per heavy atom. The van der Waals surface area contributed by atoms with Gasteiger partial charge in [-0.2, -0.15) is 0 Å². The van der Waals surface area contributed by atoms with Crippen LogP contribution in [0.1, 0.15) is 31.4 Å². The van der Waals surface area contributed by atoms with Gasteiger partial charge in [-0.05, 0) is 50.6 Å². The van der Waals surface area contributed by atoms with Crippen molar-refractivity contribution in [2.45, 2.75) is 31.9 Å². The first-order valence-electron chi connectivity index (χ1n) is 7.04. The average molecular weight is 283 g/mol. The quantitative estimate of drug-likeness (QED) is 0.841. The maximum atomic E-state index is 10.0. The molecular weight excluding hydrogens is 260 g/mol. The summed E-state index contributed by atoms with van der Waals surface area (Å²) in [6.07, 6.45) is 2.23. The van der Waals surface area contributed by atoms with E-state index < -0.39 is 0 Å². The number of aliphatic hydroxyl groups excluding tert-OH is 1. The number of aliphatic hydroxyl groups is 1. The van der Waals surface area contributed by atoms with E-state index in [0.717, 1.165) is 24.7 Å². The SMILES string of the molecule is CC(NCC(O)CN1CCCC1)c1ccc(Cl)cc1. The van der Waals surface area contributed by atoms with Crippen molar-refractivity contribution in [3.05, 3.63) is 34.9 Å². The number of β-amino-alcohol motifs (C(OH)–C–C–N with tert-alkyl or cyclic N) is 1. The number of rotatable bonds is 6. The van der Waals surface area contributed by atoms with Gasteiger partial charge >= 0.3 is 0 Å². The van der Waals surface area contributed by atoms with Gasteiger partial charge in [-0.1, -0.05) is 23.7 Å². The zero-order chi connectivity index (χ0) is 13.7. The van der Waals surface area contributed by atoms with Crippen LogP contribution in [0.15, 0.2) is 24.3 Å². The fraction of sp³-hybridized carbons (Fsp3) is 0.600. The summed E-state index contributed by atoms with van der Waals surface area (Å²) < 4.78 is 0. The minimum Gasteiger partial charge on any atom is -0.390 e. The number of nitrogens with one attached hydrogen (secondary N) is 1. The largest absolute Gasteiger partial charge is 0.390 e. The predicted molar refractivity (Wildman–Crippen MR) is 79.6 cm³/mol. The summed E-state index contributed by atoms with van der Waals surface area (Å²) in [5.41, 5.74) is 1.19. The number of likely N-dealkylation sites (tertiary alicyclic amines) is 1. The van der Waals surface area contributed by atoms with E-state index in [1.165, 1.54) is 18.4 Å². The predicted octanol–water partition coefficient (Wildman–Crippen LogP) is 2.45. The highest BCUT2D eigenvalue weighted by Crippen LogP contribution is 2.16. The summed E-state index contributed by atoms with van der Waals surface area (Å²) in [4.78, 5) is 2.33. The van der Waals surface area contributed by atoms with Gasteiger partial charge in [0.2, 0.25) is 0 Å². The summed E-state index contributed by atoms with van der Waals surface area (Å²) in [5, 5.41) is 14.2. The van der Waals surface area contributed by atoms with Crippen molar-refractivity contribution in [3.8, 4) is 0 Å². The minimum absolute atomic E-state index is 0.227. The fourth-order valence-corrected chi connectivity index (χ4v) is 2.64. The topological polar surface area (TPSA) is 35.5 Å². The van der Waals surface area contributed by atoms with Crippen LogP contribution in [-0.2, 0) is 0 Å². The van der Waals surface area contributed by atoms with Crippen LogP contribution >= 0.6 is 11.6 Å². The molecule has 2 unspecified atom stereocenters. The first-order valence-corrected chi connectivity index (χ1v) is 7.42. The Bertz CT molecular complexity index is 376. The molecule has 106 valence electrons. The van der Waals surface area contributed by atoms with Crippen molar-refractivity contribution >= 4 is 11.6 Å². The molecule has 0 saturated carbocycles. The lowest BCUT2D eigenvalue weighted by Gasteiger charge is -2.22. The Balaban J connectivity index is 1.73. The molecule has 1 aliphatic rings. The number of benzene rings is 1. The molecule has 1 aromatic rings. The van der Waals surface area contributed by atoms with Gasteiger partial charge in [0, 0.05) is 24.2 Å². The Morgan fingerprint density at radius 3 is 2.53 bits per heavy atom. The van der Waals surface area contributed by atoms with E-state index in [9.17, 15) is 5.11 Å². The zero-order valence-electron chi connectivity index (χ0n) is 11.5.